The van der Waals surface area contributed by atoms with E-state index in [1.165, 1.54) is 12.1 Å². The van der Waals surface area contributed by atoms with Crippen molar-refractivity contribution >= 4 is 16.8 Å². The van der Waals surface area contributed by atoms with Crippen LogP contribution in [0.3, 0.4) is 0 Å². The summed E-state index contributed by atoms with van der Waals surface area (Å²) in [6.45, 7) is 2.80. The van der Waals surface area contributed by atoms with E-state index >= 15 is 0 Å². The molecule has 2 heterocycles. The Balaban J connectivity index is 1.42. The van der Waals surface area contributed by atoms with Gasteiger partial charge in [0.2, 0.25) is 5.91 Å². The molecule has 1 fully saturated rings. The third-order valence-corrected chi connectivity index (χ3v) is 6.50. The fraction of sp³-hybridized carbons (Fsp3) is 0.286. The summed E-state index contributed by atoms with van der Waals surface area (Å²) >= 11 is 0. The van der Waals surface area contributed by atoms with Crippen molar-refractivity contribution < 1.29 is 18.7 Å². The molecule has 1 aliphatic heterocycles. The van der Waals surface area contributed by atoms with E-state index in [0.717, 1.165) is 41.5 Å². The minimum absolute atomic E-state index is 0.0208. The lowest BCUT2D eigenvalue weighted by Gasteiger charge is -2.28. The number of hydrogen-bond acceptors (Lipinski definition) is 5. The Kier molecular flexibility index (Phi) is 6.86. The standard InChI is InChI=1S/C28H29FN4O3/c1-18(32-28(34)25-7-4-14-30-25)27(19-5-3-6-23(15-19)35-2)36-24-12-13-26-20(16-24)17-31-33(26)22-10-8-21(29)9-11-22/h3,5-6,8-13,15-18,25,27,30H,4,7,14H2,1-2H3,(H,32,34)/t18-,25+,27-/m0/s1. The maximum Gasteiger partial charge on any atom is 0.237 e. The van der Waals surface area contributed by atoms with Gasteiger partial charge in [-0.15, -0.1) is 0 Å². The van der Waals surface area contributed by atoms with Crippen molar-refractivity contribution in [3.05, 3.63) is 84.3 Å². The minimum Gasteiger partial charge on any atom is -0.497 e. The fourth-order valence-corrected chi connectivity index (χ4v) is 4.61. The smallest absolute Gasteiger partial charge is 0.237 e. The molecule has 3 atom stereocenters. The molecule has 1 aliphatic rings. The van der Waals surface area contributed by atoms with Crippen molar-refractivity contribution in [3.8, 4) is 17.2 Å². The number of nitrogens with zero attached hydrogens (tertiary/aromatic N) is 2. The zero-order chi connectivity index (χ0) is 25.1. The van der Waals surface area contributed by atoms with E-state index in [1.807, 2.05) is 49.4 Å². The summed E-state index contributed by atoms with van der Waals surface area (Å²) in [7, 11) is 1.62. The molecule has 0 saturated carbocycles. The maximum atomic E-state index is 13.4. The monoisotopic (exact) mass is 488 g/mol. The molecule has 1 aromatic heterocycles. The highest BCUT2D eigenvalue weighted by molar-refractivity contribution is 5.83. The average Bonchev–Trinajstić information content (AvgIpc) is 3.58. The number of nitrogens with one attached hydrogen (secondary N) is 2. The van der Waals surface area contributed by atoms with Gasteiger partial charge in [-0.2, -0.15) is 5.10 Å². The van der Waals surface area contributed by atoms with Gasteiger partial charge in [-0.1, -0.05) is 12.1 Å². The third kappa shape index (κ3) is 5.04. The first-order chi connectivity index (χ1) is 17.5. The highest BCUT2D eigenvalue weighted by Gasteiger charge is 2.28. The minimum atomic E-state index is -0.449. The van der Waals surface area contributed by atoms with E-state index in [9.17, 15) is 9.18 Å². The highest BCUT2D eigenvalue weighted by Crippen LogP contribution is 2.30. The van der Waals surface area contributed by atoms with Gasteiger partial charge in [-0.05, 0) is 86.5 Å². The van der Waals surface area contributed by atoms with Crippen LogP contribution < -0.4 is 20.1 Å². The lowest BCUT2D eigenvalue weighted by atomic mass is 10.0. The quantitative estimate of drug-likeness (QED) is 0.381. The summed E-state index contributed by atoms with van der Waals surface area (Å²) in [4.78, 5) is 12.8. The molecule has 4 aromatic rings. The first-order valence-corrected chi connectivity index (χ1v) is 12.1. The van der Waals surface area contributed by atoms with Gasteiger partial charge in [0.15, 0.2) is 0 Å². The van der Waals surface area contributed by atoms with Gasteiger partial charge in [-0.25, -0.2) is 9.07 Å². The van der Waals surface area contributed by atoms with Gasteiger partial charge in [0.05, 0.1) is 36.6 Å². The Morgan fingerprint density at radius 1 is 1.14 bits per heavy atom. The van der Waals surface area contributed by atoms with Crippen molar-refractivity contribution in [2.24, 2.45) is 0 Å². The Morgan fingerprint density at radius 3 is 2.72 bits per heavy atom. The number of carbonyl (C=O) groups excluding carboxylic acids is 1. The topological polar surface area (TPSA) is 77.4 Å². The number of rotatable bonds is 8. The van der Waals surface area contributed by atoms with Crippen LogP contribution in [-0.4, -0.2) is 41.4 Å². The molecule has 0 bridgehead atoms. The fourth-order valence-electron chi connectivity index (χ4n) is 4.61. The van der Waals surface area contributed by atoms with E-state index in [4.69, 9.17) is 9.47 Å². The van der Waals surface area contributed by atoms with E-state index < -0.39 is 6.10 Å². The second kappa shape index (κ2) is 10.4. The zero-order valence-electron chi connectivity index (χ0n) is 20.3. The first kappa shape index (κ1) is 23.8. The Hall–Kier alpha value is -3.91. The number of methoxy groups -OCH3 is 1. The summed E-state index contributed by atoms with van der Waals surface area (Å²) in [5.41, 5.74) is 2.54. The van der Waals surface area contributed by atoms with Crippen LogP contribution in [0.25, 0.3) is 16.6 Å². The predicted octanol–water partition coefficient (Wildman–Crippen LogP) is 4.55. The van der Waals surface area contributed by atoms with E-state index in [1.54, 1.807) is 30.1 Å². The molecule has 7 nitrogen and oxygen atoms in total. The number of fused-ring (bicyclic) bond motifs is 1. The van der Waals surface area contributed by atoms with Crippen LogP contribution >= 0.6 is 0 Å². The van der Waals surface area contributed by atoms with E-state index in [-0.39, 0.29) is 23.8 Å². The predicted molar refractivity (Wildman–Crippen MR) is 136 cm³/mol. The number of amides is 1. The molecule has 0 radical (unpaired) electrons. The average molecular weight is 489 g/mol. The molecule has 8 heteroatoms. The van der Waals surface area contributed by atoms with Crippen LogP contribution in [0.15, 0.2) is 72.9 Å². The van der Waals surface area contributed by atoms with Crippen LogP contribution in [0.4, 0.5) is 4.39 Å². The summed E-state index contributed by atoms with van der Waals surface area (Å²) in [5.74, 6) is 1.05. The summed E-state index contributed by atoms with van der Waals surface area (Å²) in [6, 6.07) is 19.1. The zero-order valence-corrected chi connectivity index (χ0v) is 20.3. The van der Waals surface area contributed by atoms with Gasteiger partial charge in [0, 0.05) is 5.39 Å². The van der Waals surface area contributed by atoms with Crippen molar-refractivity contribution in [2.75, 3.05) is 13.7 Å². The van der Waals surface area contributed by atoms with E-state index in [0.29, 0.717) is 11.5 Å². The molecule has 1 saturated heterocycles. The molecule has 1 amide bonds. The van der Waals surface area contributed by atoms with Crippen molar-refractivity contribution in [1.29, 1.82) is 0 Å². The molecule has 5 rings (SSSR count). The molecular formula is C28H29FN4O3. The third-order valence-electron chi connectivity index (χ3n) is 6.50. The Labute approximate surface area is 209 Å². The summed E-state index contributed by atoms with van der Waals surface area (Å²) < 4.78 is 27.0. The van der Waals surface area contributed by atoms with Crippen LogP contribution in [-0.2, 0) is 4.79 Å². The molecular weight excluding hydrogens is 459 g/mol. The molecule has 0 aliphatic carbocycles. The molecule has 186 valence electrons. The SMILES string of the molecule is COc1cccc([C@@H](Oc2ccc3c(cnn3-c3ccc(F)cc3)c2)[C@H](C)NC(=O)[C@H]2CCCN2)c1. The first-order valence-electron chi connectivity index (χ1n) is 12.1. The van der Waals surface area contributed by atoms with Crippen LogP contribution in [0, 0.1) is 5.82 Å². The second-order valence-electron chi connectivity index (χ2n) is 9.01. The van der Waals surface area contributed by atoms with Gasteiger partial charge in [0.25, 0.3) is 0 Å². The van der Waals surface area contributed by atoms with Crippen LogP contribution in [0.5, 0.6) is 11.5 Å². The van der Waals surface area contributed by atoms with Crippen LogP contribution in [0.1, 0.15) is 31.4 Å². The van der Waals surface area contributed by atoms with Crippen LogP contribution in [0.2, 0.25) is 0 Å². The number of carbonyl (C=O) groups is 1. The molecule has 2 N–H and O–H groups in total. The maximum absolute atomic E-state index is 13.4. The number of hydrogen-bond donors (Lipinski definition) is 2. The van der Waals surface area contributed by atoms with Gasteiger partial charge in [0.1, 0.15) is 23.4 Å². The lowest BCUT2D eigenvalue weighted by Crippen LogP contribution is -2.47. The number of ether oxygens (including phenoxy) is 2. The molecule has 0 spiro atoms. The van der Waals surface area contributed by atoms with Gasteiger partial charge < -0.3 is 20.1 Å². The number of halogens is 1. The molecule has 3 aromatic carbocycles. The molecule has 0 unspecified atom stereocenters. The molecule has 36 heavy (non-hydrogen) atoms. The second-order valence-corrected chi connectivity index (χ2v) is 9.01. The summed E-state index contributed by atoms with van der Waals surface area (Å²) in [5, 5.41) is 11.7. The van der Waals surface area contributed by atoms with Crippen molar-refractivity contribution in [2.45, 2.75) is 38.0 Å². The highest BCUT2D eigenvalue weighted by atomic mass is 19.1. The Bertz CT molecular complexity index is 1350. The van der Waals surface area contributed by atoms with Crippen molar-refractivity contribution in [1.82, 2.24) is 20.4 Å². The summed E-state index contributed by atoms with van der Waals surface area (Å²) in [6.07, 6.45) is 3.13. The van der Waals surface area contributed by atoms with Gasteiger partial charge in [-0.3, -0.25) is 4.79 Å². The largest absolute Gasteiger partial charge is 0.497 e. The Morgan fingerprint density at radius 2 is 1.97 bits per heavy atom. The normalized spacial score (nSPS) is 17.0. The number of benzene rings is 3. The van der Waals surface area contributed by atoms with Crippen molar-refractivity contribution in [3.63, 3.8) is 0 Å². The van der Waals surface area contributed by atoms with Gasteiger partial charge >= 0.3 is 0 Å². The lowest BCUT2D eigenvalue weighted by molar-refractivity contribution is -0.124. The van der Waals surface area contributed by atoms with E-state index in [2.05, 4.69) is 15.7 Å². The number of aromatic nitrogens is 2.